The lowest BCUT2D eigenvalue weighted by atomic mass is 10.1. The average Bonchev–Trinajstić information content (AvgIpc) is 2.86. The second kappa shape index (κ2) is 7.85. The van der Waals surface area contributed by atoms with Crippen molar-refractivity contribution in [1.29, 1.82) is 0 Å². The lowest BCUT2D eigenvalue weighted by molar-refractivity contribution is -0.143. The number of nitrogens with zero attached hydrogens (tertiary/aromatic N) is 2. The van der Waals surface area contributed by atoms with Gasteiger partial charge in [0.25, 0.3) is 0 Å². The normalized spacial score (nSPS) is 24.4. The Bertz CT molecular complexity index is 283. The van der Waals surface area contributed by atoms with E-state index in [0.29, 0.717) is 13.0 Å². The summed E-state index contributed by atoms with van der Waals surface area (Å²) >= 11 is 0. The molecule has 2 fully saturated rings. The first-order chi connectivity index (χ1) is 9.29. The molecule has 19 heavy (non-hydrogen) atoms. The Morgan fingerprint density at radius 1 is 1.21 bits per heavy atom. The highest BCUT2D eigenvalue weighted by atomic mass is 16.5. The Hall–Kier alpha value is -0.610. The average molecular weight is 268 g/mol. The van der Waals surface area contributed by atoms with E-state index in [2.05, 4.69) is 9.80 Å². The highest BCUT2D eigenvalue weighted by Gasteiger charge is 2.29. The molecule has 2 saturated heterocycles. The van der Waals surface area contributed by atoms with Crippen LogP contribution in [0.25, 0.3) is 0 Å². The highest BCUT2D eigenvalue weighted by Crippen LogP contribution is 2.21. The summed E-state index contributed by atoms with van der Waals surface area (Å²) < 4.78 is 4.93. The van der Waals surface area contributed by atoms with Gasteiger partial charge < -0.3 is 9.64 Å². The van der Waals surface area contributed by atoms with E-state index in [1.807, 2.05) is 6.92 Å². The van der Waals surface area contributed by atoms with Crippen LogP contribution in [0.15, 0.2) is 0 Å². The molecule has 2 aliphatic heterocycles. The predicted molar refractivity (Wildman–Crippen MR) is 76.1 cm³/mol. The first kappa shape index (κ1) is 14.8. The van der Waals surface area contributed by atoms with Gasteiger partial charge in [-0.1, -0.05) is 6.42 Å². The van der Waals surface area contributed by atoms with Gasteiger partial charge in [-0.15, -0.1) is 0 Å². The van der Waals surface area contributed by atoms with Crippen LogP contribution in [-0.4, -0.2) is 61.1 Å². The summed E-state index contributed by atoms with van der Waals surface area (Å²) in [6.07, 6.45) is 6.69. The first-order valence-electron chi connectivity index (χ1n) is 7.91. The largest absolute Gasteiger partial charge is 0.466 e. The third-order valence-corrected chi connectivity index (χ3v) is 4.33. The summed E-state index contributed by atoms with van der Waals surface area (Å²) in [5.41, 5.74) is 0. The van der Waals surface area contributed by atoms with E-state index in [0.717, 1.165) is 18.9 Å². The zero-order valence-electron chi connectivity index (χ0n) is 12.3. The minimum Gasteiger partial charge on any atom is -0.466 e. The van der Waals surface area contributed by atoms with Gasteiger partial charge in [-0.25, -0.2) is 0 Å². The zero-order chi connectivity index (χ0) is 13.5. The van der Waals surface area contributed by atoms with Gasteiger partial charge in [0.05, 0.1) is 6.61 Å². The SMILES string of the molecule is CCOC(=O)CCCCCN1CCN2CCCC2C1. The molecule has 2 aliphatic rings. The molecule has 4 nitrogen and oxygen atoms in total. The number of unbranched alkanes of at least 4 members (excludes halogenated alkanes) is 2. The van der Waals surface area contributed by atoms with Crippen LogP contribution >= 0.6 is 0 Å². The molecule has 0 aromatic carbocycles. The van der Waals surface area contributed by atoms with Crippen LogP contribution in [0, 0.1) is 0 Å². The number of ether oxygens (including phenoxy) is 1. The van der Waals surface area contributed by atoms with Crippen molar-refractivity contribution in [2.45, 2.75) is 51.5 Å². The van der Waals surface area contributed by atoms with Crippen molar-refractivity contribution < 1.29 is 9.53 Å². The minimum atomic E-state index is -0.0398. The molecule has 0 saturated carbocycles. The standard InChI is InChI=1S/C15H28N2O2/c1-2-19-15(18)8-4-3-5-9-16-11-12-17-10-6-7-14(17)13-16/h14H,2-13H2,1H3. The molecule has 0 amide bonds. The molecule has 0 N–H and O–H groups in total. The third kappa shape index (κ3) is 4.77. The van der Waals surface area contributed by atoms with Crippen LogP contribution in [0.4, 0.5) is 0 Å². The van der Waals surface area contributed by atoms with Crippen LogP contribution in [0.3, 0.4) is 0 Å². The smallest absolute Gasteiger partial charge is 0.305 e. The van der Waals surface area contributed by atoms with E-state index in [4.69, 9.17) is 4.74 Å². The van der Waals surface area contributed by atoms with E-state index >= 15 is 0 Å². The number of hydrogen-bond donors (Lipinski definition) is 0. The molecule has 1 atom stereocenters. The molecule has 0 aliphatic carbocycles. The molecule has 4 heteroatoms. The molecule has 2 rings (SSSR count). The lowest BCUT2D eigenvalue weighted by Crippen LogP contribution is -2.50. The first-order valence-corrected chi connectivity index (χ1v) is 7.91. The van der Waals surface area contributed by atoms with Crippen LogP contribution in [0.5, 0.6) is 0 Å². The second-order valence-corrected chi connectivity index (χ2v) is 5.75. The monoisotopic (exact) mass is 268 g/mol. The maximum atomic E-state index is 11.2. The molecular weight excluding hydrogens is 240 g/mol. The second-order valence-electron chi connectivity index (χ2n) is 5.75. The fourth-order valence-corrected chi connectivity index (χ4v) is 3.27. The summed E-state index contributed by atoms with van der Waals surface area (Å²) in [5, 5.41) is 0. The maximum absolute atomic E-state index is 11.2. The zero-order valence-corrected chi connectivity index (χ0v) is 12.3. The van der Waals surface area contributed by atoms with Gasteiger partial charge in [-0.05, 0) is 45.7 Å². The van der Waals surface area contributed by atoms with Gasteiger partial charge in [0.15, 0.2) is 0 Å². The van der Waals surface area contributed by atoms with E-state index in [1.165, 1.54) is 52.0 Å². The number of carbonyl (C=O) groups is 1. The fourth-order valence-electron chi connectivity index (χ4n) is 3.27. The highest BCUT2D eigenvalue weighted by molar-refractivity contribution is 5.69. The number of carbonyl (C=O) groups excluding carboxylic acids is 1. The number of hydrogen-bond acceptors (Lipinski definition) is 4. The molecule has 0 spiro atoms. The predicted octanol–water partition coefficient (Wildman–Crippen LogP) is 1.89. The van der Waals surface area contributed by atoms with Crippen molar-refractivity contribution in [3.8, 4) is 0 Å². The van der Waals surface area contributed by atoms with Crippen LogP contribution in [-0.2, 0) is 9.53 Å². The van der Waals surface area contributed by atoms with Gasteiger partial charge in [-0.3, -0.25) is 9.69 Å². The lowest BCUT2D eigenvalue weighted by Gasteiger charge is -2.37. The van der Waals surface area contributed by atoms with Crippen LogP contribution < -0.4 is 0 Å². The van der Waals surface area contributed by atoms with Crippen molar-refractivity contribution >= 4 is 5.97 Å². The van der Waals surface area contributed by atoms with Crippen molar-refractivity contribution in [3.63, 3.8) is 0 Å². The Kier molecular flexibility index (Phi) is 6.11. The van der Waals surface area contributed by atoms with Gasteiger partial charge in [0.2, 0.25) is 0 Å². The van der Waals surface area contributed by atoms with E-state index in [1.54, 1.807) is 0 Å². The van der Waals surface area contributed by atoms with Crippen molar-refractivity contribution in [2.75, 3.05) is 39.3 Å². The van der Waals surface area contributed by atoms with Crippen molar-refractivity contribution in [2.24, 2.45) is 0 Å². The summed E-state index contributed by atoms with van der Waals surface area (Å²) in [6, 6.07) is 0.827. The van der Waals surface area contributed by atoms with Crippen LogP contribution in [0.1, 0.15) is 45.4 Å². The van der Waals surface area contributed by atoms with Crippen molar-refractivity contribution in [1.82, 2.24) is 9.80 Å². The molecule has 0 radical (unpaired) electrons. The third-order valence-electron chi connectivity index (χ3n) is 4.33. The number of esters is 1. The Morgan fingerprint density at radius 3 is 2.95 bits per heavy atom. The van der Waals surface area contributed by atoms with E-state index in [9.17, 15) is 4.79 Å². The number of fused-ring (bicyclic) bond motifs is 1. The summed E-state index contributed by atoms with van der Waals surface area (Å²) in [4.78, 5) is 16.5. The fraction of sp³-hybridized carbons (Fsp3) is 0.933. The minimum absolute atomic E-state index is 0.0398. The molecular formula is C15H28N2O2. The molecule has 110 valence electrons. The Labute approximate surface area is 117 Å². The quantitative estimate of drug-likeness (QED) is 0.521. The summed E-state index contributed by atoms with van der Waals surface area (Å²) in [7, 11) is 0. The summed E-state index contributed by atoms with van der Waals surface area (Å²) in [5.74, 6) is -0.0398. The molecule has 0 bridgehead atoms. The number of piperazine rings is 1. The van der Waals surface area contributed by atoms with Gasteiger partial charge in [-0.2, -0.15) is 0 Å². The summed E-state index contributed by atoms with van der Waals surface area (Å²) in [6.45, 7) is 8.63. The van der Waals surface area contributed by atoms with Crippen molar-refractivity contribution in [3.05, 3.63) is 0 Å². The Balaban J connectivity index is 1.50. The number of rotatable bonds is 7. The van der Waals surface area contributed by atoms with Crippen LogP contribution in [0.2, 0.25) is 0 Å². The molecule has 0 aromatic heterocycles. The molecule has 0 aromatic rings. The van der Waals surface area contributed by atoms with Gasteiger partial charge in [0, 0.05) is 32.1 Å². The topological polar surface area (TPSA) is 32.8 Å². The van der Waals surface area contributed by atoms with E-state index in [-0.39, 0.29) is 5.97 Å². The molecule has 2 heterocycles. The van der Waals surface area contributed by atoms with Gasteiger partial charge in [0.1, 0.15) is 0 Å². The van der Waals surface area contributed by atoms with E-state index < -0.39 is 0 Å². The maximum Gasteiger partial charge on any atom is 0.305 e. The van der Waals surface area contributed by atoms with Gasteiger partial charge >= 0.3 is 5.97 Å². The molecule has 1 unspecified atom stereocenters. The Morgan fingerprint density at radius 2 is 2.11 bits per heavy atom.